The van der Waals surface area contributed by atoms with Gasteiger partial charge in [0.1, 0.15) is 17.3 Å². The SMILES string of the molecule is O=C(CN1C(=O)c2ccccc2S1(=O)=O)NCC(=O)Nc1ccc(F)cc1. The first-order valence-corrected chi connectivity index (χ1v) is 9.21. The molecular weight excluding hydrogens is 377 g/mol. The second kappa shape index (κ2) is 7.16. The van der Waals surface area contributed by atoms with E-state index in [1.807, 2.05) is 0 Å². The molecule has 0 radical (unpaired) electrons. The van der Waals surface area contributed by atoms with Gasteiger partial charge in [-0.3, -0.25) is 14.4 Å². The van der Waals surface area contributed by atoms with Crippen LogP contribution < -0.4 is 10.6 Å². The van der Waals surface area contributed by atoms with Crippen LogP contribution in [-0.2, 0) is 19.6 Å². The fourth-order valence-corrected chi connectivity index (χ4v) is 4.02. The van der Waals surface area contributed by atoms with Gasteiger partial charge in [0.05, 0.1) is 12.1 Å². The molecule has 0 saturated carbocycles. The Balaban J connectivity index is 1.58. The van der Waals surface area contributed by atoms with Crippen molar-refractivity contribution in [1.82, 2.24) is 9.62 Å². The Bertz CT molecular complexity index is 1020. The fourth-order valence-electron chi connectivity index (χ4n) is 2.49. The normalized spacial score (nSPS) is 14.6. The van der Waals surface area contributed by atoms with Gasteiger partial charge in [0, 0.05) is 5.69 Å². The highest BCUT2D eigenvalue weighted by Gasteiger charge is 2.41. The quantitative estimate of drug-likeness (QED) is 0.780. The lowest BCUT2D eigenvalue weighted by molar-refractivity contribution is -0.124. The van der Waals surface area contributed by atoms with Gasteiger partial charge in [-0.1, -0.05) is 12.1 Å². The van der Waals surface area contributed by atoms with Crippen molar-refractivity contribution in [3.05, 3.63) is 59.9 Å². The van der Waals surface area contributed by atoms with Gasteiger partial charge < -0.3 is 10.6 Å². The maximum atomic E-state index is 12.8. The summed E-state index contributed by atoms with van der Waals surface area (Å²) < 4.78 is 38.0. The monoisotopic (exact) mass is 391 g/mol. The third kappa shape index (κ3) is 3.80. The largest absolute Gasteiger partial charge is 0.345 e. The van der Waals surface area contributed by atoms with E-state index in [1.165, 1.54) is 36.4 Å². The smallest absolute Gasteiger partial charge is 0.269 e. The number of carbonyl (C=O) groups is 3. The second-order valence-corrected chi connectivity index (χ2v) is 7.48. The number of halogens is 1. The molecule has 1 heterocycles. The number of hydrogen-bond acceptors (Lipinski definition) is 5. The summed E-state index contributed by atoms with van der Waals surface area (Å²) in [6.45, 7) is -1.18. The molecule has 2 aromatic carbocycles. The van der Waals surface area contributed by atoms with Crippen molar-refractivity contribution in [2.45, 2.75) is 4.90 Å². The van der Waals surface area contributed by atoms with Crippen LogP contribution in [0.25, 0.3) is 0 Å². The first-order chi connectivity index (χ1) is 12.8. The van der Waals surface area contributed by atoms with E-state index in [-0.39, 0.29) is 10.5 Å². The van der Waals surface area contributed by atoms with Crippen LogP contribution in [0, 0.1) is 5.82 Å². The molecule has 0 saturated heterocycles. The molecule has 0 atom stereocenters. The third-order valence-corrected chi connectivity index (χ3v) is 5.56. The van der Waals surface area contributed by atoms with Gasteiger partial charge >= 0.3 is 0 Å². The summed E-state index contributed by atoms with van der Waals surface area (Å²) in [5.74, 6) is -2.65. The Morgan fingerprint density at radius 1 is 1.00 bits per heavy atom. The standard InChI is InChI=1S/C17H14FN3O5S/c18-11-5-7-12(8-6-11)20-15(22)9-19-16(23)10-21-17(24)13-3-1-2-4-14(13)27(21,25)26/h1-8H,9-10H2,(H,19,23)(H,20,22). The zero-order valence-corrected chi connectivity index (χ0v) is 14.6. The number of anilines is 1. The summed E-state index contributed by atoms with van der Waals surface area (Å²) in [5.41, 5.74) is 0.336. The van der Waals surface area contributed by atoms with Gasteiger partial charge in [0.25, 0.3) is 15.9 Å². The highest BCUT2D eigenvalue weighted by Crippen LogP contribution is 2.29. The molecule has 0 spiro atoms. The molecule has 0 aliphatic carbocycles. The summed E-state index contributed by atoms with van der Waals surface area (Å²) in [4.78, 5) is 35.8. The maximum absolute atomic E-state index is 12.8. The van der Waals surface area contributed by atoms with Crippen LogP contribution in [0.4, 0.5) is 10.1 Å². The Morgan fingerprint density at radius 3 is 2.33 bits per heavy atom. The minimum atomic E-state index is -4.09. The minimum Gasteiger partial charge on any atom is -0.345 e. The molecule has 140 valence electrons. The summed E-state index contributed by atoms with van der Waals surface area (Å²) in [6.07, 6.45) is 0. The molecule has 10 heteroatoms. The first kappa shape index (κ1) is 18.5. The van der Waals surface area contributed by atoms with Crippen molar-refractivity contribution < 1.29 is 27.2 Å². The van der Waals surface area contributed by atoms with E-state index >= 15 is 0 Å². The summed E-state index contributed by atoms with van der Waals surface area (Å²) in [6, 6.07) is 10.7. The van der Waals surface area contributed by atoms with Gasteiger partial charge in [0.2, 0.25) is 11.8 Å². The zero-order chi connectivity index (χ0) is 19.6. The van der Waals surface area contributed by atoms with Crippen LogP contribution >= 0.6 is 0 Å². The molecule has 2 N–H and O–H groups in total. The van der Waals surface area contributed by atoms with E-state index < -0.39 is 46.7 Å². The van der Waals surface area contributed by atoms with Crippen molar-refractivity contribution >= 4 is 33.4 Å². The van der Waals surface area contributed by atoms with Crippen molar-refractivity contribution in [2.24, 2.45) is 0 Å². The number of fused-ring (bicyclic) bond motifs is 1. The van der Waals surface area contributed by atoms with Crippen LogP contribution in [-0.4, -0.2) is 43.5 Å². The molecular formula is C17H14FN3O5S. The molecule has 8 nitrogen and oxygen atoms in total. The van der Waals surface area contributed by atoms with Gasteiger partial charge in [-0.15, -0.1) is 0 Å². The van der Waals surface area contributed by atoms with Crippen LogP contribution in [0.15, 0.2) is 53.4 Å². The maximum Gasteiger partial charge on any atom is 0.269 e. The molecule has 3 rings (SSSR count). The number of benzene rings is 2. The summed E-state index contributed by atoms with van der Waals surface area (Å²) in [7, 11) is -4.09. The Labute approximate surface area is 154 Å². The van der Waals surface area contributed by atoms with E-state index in [2.05, 4.69) is 10.6 Å². The van der Waals surface area contributed by atoms with E-state index in [0.29, 0.717) is 9.99 Å². The molecule has 0 bridgehead atoms. The van der Waals surface area contributed by atoms with E-state index in [0.717, 1.165) is 12.1 Å². The topological polar surface area (TPSA) is 113 Å². The van der Waals surface area contributed by atoms with Crippen LogP contribution in [0.5, 0.6) is 0 Å². The lowest BCUT2D eigenvalue weighted by atomic mass is 10.2. The van der Waals surface area contributed by atoms with Crippen LogP contribution in [0.1, 0.15) is 10.4 Å². The van der Waals surface area contributed by atoms with Crippen molar-refractivity contribution in [3.63, 3.8) is 0 Å². The minimum absolute atomic E-state index is 0.000599. The fraction of sp³-hybridized carbons (Fsp3) is 0.118. The predicted molar refractivity (Wildman–Crippen MR) is 92.7 cm³/mol. The molecule has 3 amide bonds. The lowest BCUT2D eigenvalue weighted by Crippen LogP contribution is -2.42. The molecule has 0 fully saturated rings. The summed E-state index contributed by atoms with van der Waals surface area (Å²) in [5, 5.41) is 4.68. The molecule has 2 aromatic rings. The van der Waals surface area contributed by atoms with E-state index in [1.54, 1.807) is 0 Å². The van der Waals surface area contributed by atoms with E-state index in [4.69, 9.17) is 0 Å². The highest BCUT2D eigenvalue weighted by molar-refractivity contribution is 7.90. The molecule has 0 aromatic heterocycles. The number of rotatable bonds is 5. The Morgan fingerprint density at radius 2 is 1.67 bits per heavy atom. The second-order valence-electron chi connectivity index (χ2n) is 5.64. The Hall–Kier alpha value is -3.27. The zero-order valence-electron chi connectivity index (χ0n) is 13.8. The van der Waals surface area contributed by atoms with Crippen molar-refractivity contribution in [2.75, 3.05) is 18.4 Å². The Kier molecular flexibility index (Phi) is 4.91. The first-order valence-electron chi connectivity index (χ1n) is 7.77. The average Bonchev–Trinajstić information content (AvgIpc) is 2.83. The number of nitrogens with one attached hydrogen (secondary N) is 2. The number of carbonyl (C=O) groups excluding carboxylic acids is 3. The molecule has 27 heavy (non-hydrogen) atoms. The van der Waals surface area contributed by atoms with Gasteiger partial charge in [-0.2, -0.15) is 0 Å². The van der Waals surface area contributed by atoms with Gasteiger partial charge in [-0.25, -0.2) is 17.1 Å². The number of hydrogen-bond donors (Lipinski definition) is 2. The molecule has 1 aliphatic rings. The third-order valence-electron chi connectivity index (χ3n) is 3.77. The number of nitrogens with zero attached hydrogens (tertiary/aromatic N) is 1. The van der Waals surface area contributed by atoms with Crippen LogP contribution in [0.2, 0.25) is 0 Å². The average molecular weight is 391 g/mol. The molecule has 0 unspecified atom stereocenters. The predicted octanol–water partition coefficient (Wildman–Crippen LogP) is 0.725. The van der Waals surface area contributed by atoms with Crippen LogP contribution in [0.3, 0.4) is 0 Å². The number of sulfonamides is 1. The van der Waals surface area contributed by atoms with Crippen molar-refractivity contribution in [3.8, 4) is 0 Å². The molecule has 1 aliphatic heterocycles. The van der Waals surface area contributed by atoms with Crippen molar-refractivity contribution in [1.29, 1.82) is 0 Å². The number of amides is 3. The van der Waals surface area contributed by atoms with Gasteiger partial charge in [0.15, 0.2) is 0 Å². The van der Waals surface area contributed by atoms with E-state index in [9.17, 15) is 27.2 Å². The van der Waals surface area contributed by atoms with Gasteiger partial charge in [-0.05, 0) is 36.4 Å². The lowest BCUT2D eigenvalue weighted by Gasteiger charge is -2.14. The summed E-state index contributed by atoms with van der Waals surface area (Å²) >= 11 is 0. The highest BCUT2D eigenvalue weighted by atomic mass is 32.2.